The molecular weight excluding hydrogens is 344 g/mol. The Morgan fingerprint density at radius 3 is 2.85 bits per heavy atom. The van der Waals surface area contributed by atoms with Gasteiger partial charge in [0, 0.05) is 24.7 Å². The van der Waals surface area contributed by atoms with Gasteiger partial charge in [-0.05, 0) is 29.8 Å². The van der Waals surface area contributed by atoms with Gasteiger partial charge in [-0.2, -0.15) is 0 Å². The molecule has 27 heavy (non-hydrogen) atoms. The zero-order chi connectivity index (χ0) is 18.7. The number of nitrogens with one attached hydrogen (secondary N) is 2. The van der Waals surface area contributed by atoms with E-state index in [4.69, 9.17) is 14.2 Å². The van der Waals surface area contributed by atoms with Crippen molar-refractivity contribution in [1.82, 2.24) is 5.32 Å². The molecule has 2 N–H and O–H groups in total. The van der Waals surface area contributed by atoms with E-state index in [1.807, 2.05) is 54.6 Å². The number of hydrogen-bond acceptors (Lipinski definition) is 5. The first-order valence-corrected chi connectivity index (χ1v) is 9.25. The Kier molecular flexibility index (Phi) is 7.65. The van der Waals surface area contributed by atoms with E-state index in [1.54, 1.807) is 0 Å². The first kappa shape index (κ1) is 19.4. The average molecular weight is 370 g/mol. The van der Waals surface area contributed by atoms with Crippen LogP contribution in [0.15, 0.2) is 54.6 Å². The summed E-state index contributed by atoms with van der Waals surface area (Å²) < 4.78 is 16.6. The fraction of sp³-hybridized carbons (Fsp3) is 0.381. The summed E-state index contributed by atoms with van der Waals surface area (Å²) in [5, 5.41) is 6.22. The normalized spacial score (nSPS) is 16.7. The van der Waals surface area contributed by atoms with Gasteiger partial charge in [0.25, 0.3) is 0 Å². The van der Waals surface area contributed by atoms with Gasteiger partial charge in [-0.25, -0.2) is 0 Å². The summed E-state index contributed by atoms with van der Waals surface area (Å²) in [5.41, 5.74) is 1.78. The van der Waals surface area contributed by atoms with Crippen LogP contribution in [0.5, 0.6) is 5.75 Å². The Labute approximate surface area is 159 Å². The van der Waals surface area contributed by atoms with E-state index in [-0.39, 0.29) is 11.9 Å². The highest BCUT2D eigenvalue weighted by Gasteiger charge is 2.16. The second-order valence-corrected chi connectivity index (χ2v) is 6.39. The molecule has 1 saturated heterocycles. The number of carbonyl (C=O) groups is 1. The van der Waals surface area contributed by atoms with Crippen LogP contribution in [0.1, 0.15) is 12.0 Å². The van der Waals surface area contributed by atoms with Crippen molar-refractivity contribution in [2.45, 2.75) is 19.1 Å². The fourth-order valence-electron chi connectivity index (χ4n) is 2.85. The molecule has 0 radical (unpaired) electrons. The van der Waals surface area contributed by atoms with E-state index in [2.05, 4.69) is 10.6 Å². The standard InChI is InChI=1S/C21H26N2O4/c24-21(14-19-16-25-10-9-22-19)23-18-6-4-5-17(13-18)15-26-11-12-27-20-7-2-1-3-8-20/h1-8,13,19,22H,9-12,14-16H2,(H,23,24). The van der Waals surface area contributed by atoms with Crippen molar-refractivity contribution in [3.63, 3.8) is 0 Å². The van der Waals surface area contributed by atoms with Gasteiger partial charge in [-0.15, -0.1) is 0 Å². The minimum Gasteiger partial charge on any atom is -0.491 e. The molecule has 1 atom stereocenters. The van der Waals surface area contributed by atoms with Crippen LogP contribution in [0.4, 0.5) is 5.69 Å². The molecule has 1 aliphatic heterocycles. The van der Waals surface area contributed by atoms with E-state index in [0.29, 0.717) is 39.5 Å². The lowest BCUT2D eigenvalue weighted by molar-refractivity contribution is -0.117. The van der Waals surface area contributed by atoms with E-state index in [0.717, 1.165) is 23.5 Å². The predicted octanol–water partition coefficient (Wildman–Crippen LogP) is 2.60. The highest BCUT2D eigenvalue weighted by Crippen LogP contribution is 2.13. The lowest BCUT2D eigenvalue weighted by Gasteiger charge is -2.23. The molecule has 144 valence electrons. The molecular formula is C21H26N2O4. The third-order valence-electron chi connectivity index (χ3n) is 4.15. The third kappa shape index (κ3) is 7.02. The minimum absolute atomic E-state index is 0.0210. The highest BCUT2D eigenvalue weighted by molar-refractivity contribution is 5.91. The maximum atomic E-state index is 12.2. The number of anilines is 1. The second-order valence-electron chi connectivity index (χ2n) is 6.39. The molecule has 1 amide bonds. The largest absolute Gasteiger partial charge is 0.491 e. The van der Waals surface area contributed by atoms with Crippen LogP contribution >= 0.6 is 0 Å². The van der Waals surface area contributed by atoms with Gasteiger partial charge in [-0.3, -0.25) is 4.79 Å². The summed E-state index contributed by atoms with van der Waals surface area (Å²) in [5.74, 6) is 0.816. The van der Waals surface area contributed by atoms with E-state index < -0.39 is 0 Å². The highest BCUT2D eigenvalue weighted by atomic mass is 16.5. The molecule has 1 fully saturated rings. The zero-order valence-corrected chi connectivity index (χ0v) is 15.4. The van der Waals surface area contributed by atoms with Gasteiger partial charge >= 0.3 is 0 Å². The summed E-state index contributed by atoms with van der Waals surface area (Å²) in [7, 11) is 0. The molecule has 2 aromatic carbocycles. The number of para-hydroxylation sites is 1. The Morgan fingerprint density at radius 1 is 1.15 bits per heavy atom. The molecule has 6 heteroatoms. The topological polar surface area (TPSA) is 68.8 Å². The van der Waals surface area contributed by atoms with Crippen LogP contribution in [0.25, 0.3) is 0 Å². The zero-order valence-electron chi connectivity index (χ0n) is 15.4. The molecule has 0 saturated carbocycles. The van der Waals surface area contributed by atoms with Crippen LogP contribution in [-0.4, -0.2) is 44.9 Å². The number of hydrogen-bond donors (Lipinski definition) is 2. The quantitative estimate of drug-likeness (QED) is 0.664. The Balaban J connectivity index is 1.37. The van der Waals surface area contributed by atoms with Crippen molar-refractivity contribution >= 4 is 11.6 Å². The molecule has 1 unspecified atom stereocenters. The van der Waals surface area contributed by atoms with Crippen LogP contribution in [-0.2, 0) is 20.9 Å². The van der Waals surface area contributed by atoms with Crippen molar-refractivity contribution in [3.05, 3.63) is 60.2 Å². The molecule has 0 aliphatic carbocycles. The Morgan fingerprint density at radius 2 is 2.04 bits per heavy atom. The van der Waals surface area contributed by atoms with Crippen molar-refractivity contribution in [2.75, 3.05) is 38.3 Å². The monoisotopic (exact) mass is 370 g/mol. The molecule has 0 aromatic heterocycles. The predicted molar refractivity (Wildman–Crippen MR) is 104 cm³/mol. The summed E-state index contributed by atoms with van der Waals surface area (Å²) in [6.45, 7) is 3.54. The van der Waals surface area contributed by atoms with Gasteiger partial charge in [0.05, 0.1) is 26.4 Å². The molecule has 2 aromatic rings. The maximum absolute atomic E-state index is 12.2. The van der Waals surface area contributed by atoms with Gasteiger partial charge in [0.2, 0.25) is 5.91 Å². The maximum Gasteiger partial charge on any atom is 0.226 e. The number of ether oxygens (including phenoxy) is 3. The lowest BCUT2D eigenvalue weighted by atomic mass is 10.1. The number of carbonyl (C=O) groups excluding carboxylic acids is 1. The number of morpholine rings is 1. The average Bonchev–Trinajstić information content (AvgIpc) is 2.69. The summed E-state index contributed by atoms with van der Waals surface area (Å²) in [4.78, 5) is 12.2. The third-order valence-corrected chi connectivity index (χ3v) is 4.15. The first-order valence-electron chi connectivity index (χ1n) is 9.25. The van der Waals surface area contributed by atoms with Crippen molar-refractivity contribution < 1.29 is 19.0 Å². The molecule has 1 aliphatic rings. The fourth-order valence-corrected chi connectivity index (χ4v) is 2.85. The van der Waals surface area contributed by atoms with Crippen molar-refractivity contribution in [3.8, 4) is 5.75 Å². The second kappa shape index (κ2) is 10.7. The van der Waals surface area contributed by atoms with Crippen LogP contribution in [0, 0.1) is 0 Å². The molecule has 0 bridgehead atoms. The minimum atomic E-state index is -0.0210. The van der Waals surface area contributed by atoms with E-state index in [1.165, 1.54) is 0 Å². The van der Waals surface area contributed by atoms with Crippen LogP contribution in [0.2, 0.25) is 0 Å². The Hall–Kier alpha value is -2.41. The van der Waals surface area contributed by atoms with E-state index in [9.17, 15) is 4.79 Å². The summed E-state index contributed by atoms with van der Waals surface area (Å²) >= 11 is 0. The van der Waals surface area contributed by atoms with Gasteiger partial charge in [-0.1, -0.05) is 30.3 Å². The molecule has 0 spiro atoms. The molecule has 1 heterocycles. The lowest BCUT2D eigenvalue weighted by Crippen LogP contribution is -2.43. The Bertz CT molecular complexity index is 702. The molecule has 3 rings (SSSR count). The first-order chi connectivity index (χ1) is 13.3. The SMILES string of the molecule is O=C(CC1COCCN1)Nc1cccc(COCCOc2ccccc2)c1. The van der Waals surface area contributed by atoms with Crippen molar-refractivity contribution in [1.29, 1.82) is 0 Å². The van der Waals surface area contributed by atoms with Gasteiger partial charge in [0.15, 0.2) is 0 Å². The van der Waals surface area contributed by atoms with E-state index >= 15 is 0 Å². The number of benzene rings is 2. The summed E-state index contributed by atoms with van der Waals surface area (Å²) in [6, 6.07) is 17.4. The summed E-state index contributed by atoms with van der Waals surface area (Å²) in [6.07, 6.45) is 0.400. The number of amides is 1. The van der Waals surface area contributed by atoms with Gasteiger partial charge in [0.1, 0.15) is 12.4 Å². The van der Waals surface area contributed by atoms with Crippen LogP contribution in [0.3, 0.4) is 0 Å². The van der Waals surface area contributed by atoms with Gasteiger partial charge < -0.3 is 24.8 Å². The molecule has 6 nitrogen and oxygen atoms in total. The van der Waals surface area contributed by atoms with Crippen molar-refractivity contribution in [2.24, 2.45) is 0 Å². The smallest absolute Gasteiger partial charge is 0.226 e. The van der Waals surface area contributed by atoms with Crippen LogP contribution < -0.4 is 15.4 Å². The number of rotatable bonds is 9.